The maximum absolute atomic E-state index is 13.5. The van der Waals surface area contributed by atoms with Crippen LogP contribution in [0.4, 0.5) is 4.39 Å². The fourth-order valence-corrected chi connectivity index (χ4v) is 2.69. The van der Waals surface area contributed by atoms with Crippen LogP contribution in [0.3, 0.4) is 0 Å². The second-order valence-corrected chi connectivity index (χ2v) is 5.59. The molecule has 120 valence electrons. The Kier molecular flexibility index (Phi) is 5.74. The lowest BCUT2D eigenvalue weighted by Gasteiger charge is -2.31. The Hall–Kier alpha value is -1.66. The van der Waals surface area contributed by atoms with Gasteiger partial charge in [0.15, 0.2) is 6.04 Å². The summed E-state index contributed by atoms with van der Waals surface area (Å²) in [5.74, 6) is -1.06. The number of quaternary nitrogens is 1. The molecule has 1 aliphatic heterocycles. The maximum Gasteiger partial charge on any atom is 0.312 e. The molecule has 0 aliphatic carbocycles. The highest BCUT2D eigenvalue weighted by Gasteiger charge is 2.35. The highest BCUT2D eigenvalue weighted by atomic mass is 35.5. The molecular weight excluding hydrogens is 311 g/mol. The van der Waals surface area contributed by atoms with Gasteiger partial charge in [0.05, 0.1) is 24.7 Å². The van der Waals surface area contributed by atoms with Gasteiger partial charge in [0.1, 0.15) is 18.8 Å². The molecule has 0 saturated carbocycles. The highest BCUT2D eigenvalue weighted by molar-refractivity contribution is 6.30. The summed E-state index contributed by atoms with van der Waals surface area (Å²) in [6, 6.07) is 4.07. The van der Waals surface area contributed by atoms with Crippen LogP contribution in [0.25, 0.3) is 0 Å². The van der Waals surface area contributed by atoms with Crippen molar-refractivity contribution in [3.8, 4) is 0 Å². The van der Waals surface area contributed by atoms with E-state index in [4.69, 9.17) is 16.3 Å². The molecule has 1 saturated heterocycles. The van der Waals surface area contributed by atoms with E-state index in [9.17, 15) is 14.0 Å². The fraction of sp³-hybridized carbons (Fsp3) is 0.467. The van der Waals surface area contributed by atoms with E-state index >= 15 is 0 Å². The Bertz CT molecular complexity index is 568. The largest absolute Gasteiger partial charge is 0.466 e. The zero-order chi connectivity index (χ0) is 16.1. The molecule has 7 heteroatoms. The number of benzene rings is 1. The zero-order valence-corrected chi connectivity index (χ0v) is 13.1. The number of carbonyl (C=O) groups is 2. The summed E-state index contributed by atoms with van der Waals surface area (Å²) in [4.78, 5) is 24.6. The van der Waals surface area contributed by atoms with Crippen molar-refractivity contribution < 1.29 is 23.6 Å². The first kappa shape index (κ1) is 16.7. The normalized spacial score (nSPS) is 21.3. The number of rotatable bonds is 5. The molecule has 1 fully saturated rings. The third-order valence-electron chi connectivity index (χ3n) is 3.65. The van der Waals surface area contributed by atoms with E-state index in [1.165, 1.54) is 12.1 Å². The number of amides is 1. The van der Waals surface area contributed by atoms with E-state index in [-0.39, 0.29) is 24.0 Å². The first-order valence-corrected chi connectivity index (χ1v) is 7.61. The number of piperazine rings is 1. The molecule has 5 nitrogen and oxygen atoms in total. The fourth-order valence-electron chi connectivity index (χ4n) is 2.58. The van der Waals surface area contributed by atoms with Gasteiger partial charge in [0.2, 0.25) is 0 Å². The summed E-state index contributed by atoms with van der Waals surface area (Å²) < 4.78 is 18.4. The van der Waals surface area contributed by atoms with E-state index in [1.807, 2.05) is 0 Å². The van der Waals surface area contributed by atoms with Crippen molar-refractivity contribution in [1.29, 1.82) is 0 Å². The minimum absolute atomic E-state index is 0.0189. The van der Waals surface area contributed by atoms with Crippen LogP contribution in [0.1, 0.15) is 18.9 Å². The molecule has 2 N–H and O–H groups in total. The van der Waals surface area contributed by atoms with Crippen LogP contribution in [-0.2, 0) is 20.9 Å². The minimum atomic E-state index is -0.522. The number of halogens is 2. The highest BCUT2D eigenvalue weighted by Crippen LogP contribution is 2.15. The third kappa shape index (κ3) is 4.18. The number of hydrogen-bond acceptors (Lipinski definition) is 3. The molecular formula is C15H19ClFN2O3+. The molecule has 1 aromatic rings. The van der Waals surface area contributed by atoms with Crippen LogP contribution in [0.15, 0.2) is 18.2 Å². The summed E-state index contributed by atoms with van der Waals surface area (Å²) in [5, 5.41) is 2.82. The topological polar surface area (TPSA) is 59.8 Å². The van der Waals surface area contributed by atoms with Gasteiger partial charge in [-0.05, 0) is 19.1 Å². The molecule has 0 aromatic heterocycles. The second kappa shape index (κ2) is 7.56. The summed E-state index contributed by atoms with van der Waals surface area (Å²) in [5.41, 5.74) is 0.737. The van der Waals surface area contributed by atoms with Crippen molar-refractivity contribution in [2.45, 2.75) is 25.9 Å². The zero-order valence-electron chi connectivity index (χ0n) is 12.3. The summed E-state index contributed by atoms with van der Waals surface area (Å²) >= 11 is 5.67. The van der Waals surface area contributed by atoms with Crippen LogP contribution >= 0.6 is 11.6 Å². The number of hydrogen-bond donors (Lipinski definition) is 2. The minimum Gasteiger partial charge on any atom is -0.466 e. The number of nitrogens with one attached hydrogen (secondary N) is 2. The molecule has 1 heterocycles. The Morgan fingerprint density at radius 3 is 3.00 bits per heavy atom. The van der Waals surface area contributed by atoms with Gasteiger partial charge in [-0.2, -0.15) is 0 Å². The second-order valence-electron chi connectivity index (χ2n) is 5.19. The first-order valence-electron chi connectivity index (χ1n) is 7.23. The van der Waals surface area contributed by atoms with Gasteiger partial charge < -0.3 is 15.0 Å². The van der Waals surface area contributed by atoms with E-state index in [0.717, 1.165) is 10.5 Å². The van der Waals surface area contributed by atoms with Gasteiger partial charge in [-0.1, -0.05) is 17.7 Å². The standard InChI is InChI=1S/C15H18ClFN2O3/c1-2-22-14(20)8-13-15(21)18-5-6-19(13)9-10-3-4-11(16)12(17)7-10/h3-4,7,13H,2,5-6,8-9H2,1H3,(H,18,21)/p+1/t13-/m1/s1. The molecule has 1 amide bonds. The predicted molar refractivity (Wildman–Crippen MR) is 79.0 cm³/mol. The SMILES string of the molecule is CCOC(=O)C[C@@H]1C(=O)NCC[NH+]1Cc1ccc(Cl)c(F)c1. The van der Waals surface area contributed by atoms with E-state index in [0.29, 0.717) is 19.6 Å². The van der Waals surface area contributed by atoms with E-state index in [1.54, 1.807) is 13.0 Å². The Morgan fingerprint density at radius 2 is 2.32 bits per heavy atom. The Morgan fingerprint density at radius 1 is 1.55 bits per heavy atom. The third-order valence-corrected chi connectivity index (χ3v) is 3.95. The van der Waals surface area contributed by atoms with Gasteiger partial charge in [0, 0.05) is 5.56 Å². The predicted octanol–water partition coefficient (Wildman–Crippen LogP) is 0.316. The van der Waals surface area contributed by atoms with Crippen LogP contribution in [0, 0.1) is 5.82 Å². The quantitative estimate of drug-likeness (QED) is 0.765. The number of ether oxygens (including phenoxy) is 1. The Labute approximate surface area is 133 Å². The van der Waals surface area contributed by atoms with Crippen LogP contribution in [0.2, 0.25) is 5.02 Å². The molecule has 0 spiro atoms. The monoisotopic (exact) mass is 329 g/mol. The maximum atomic E-state index is 13.5. The van der Waals surface area contributed by atoms with Crippen LogP contribution in [-0.4, -0.2) is 37.6 Å². The summed E-state index contributed by atoms with van der Waals surface area (Å²) in [6.07, 6.45) is 0.0189. The van der Waals surface area contributed by atoms with Crippen molar-refractivity contribution in [2.75, 3.05) is 19.7 Å². The lowest BCUT2D eigenvalue weighted by Crippen LogP contribution is -3.18. The average molecular weight is 330 g/mol. The van der Waals surface area contributed by atoms with Gasteiger partial charge in [-0.3, -0.25) is 9.59 Å². The van der Waals surface area contributed by atoms with Gasteiger partial charge in [0.25, 0.3) is 5.91 Å². The lowest BCUT2D eigenvalue weighted by atomic mass is 10.1. The van der Waals surface area contributed by atoms with Crippen LogP contribution < -0.4 is 10.2 Å². The number of esters is 1. The van der Waals surface area contributed by atoms with Crippen molar-refractivity contribution in [2.24, 2.45) is 0 Å². The van der Waals surface area contributed by atoms with Gasteiger partial charge in [-0.25, -0.2) is 4.39 Å². The van der Waals surface area contributed by atoms with Crippen molar-refractivity contribution in [3.63, 3.8) is 0 Å². The van der Waals surface area contributed by atoms with Gasteiger partial charge >= 0.3 is 5.97 Å². The molecule has 0 radical (unpaired) electrons. The summed E-state index contributed by atoms with van der Waals surface area (Å²) in [7, 11) is 0. The van der Waals surface area contributed by atoms with Crippen molar-refractivity contribution in [3.05, 3.63) is 34.6 Å². The summed E-state index contributed by atoms with van der Waals surface area (Å²) in [6.45, 7) is 3.65. The molecule has 2 rings (SSSR count). The smallest absolute Gasteiger partial charge is 0.312 e. The first-order chi connectivity index (χ1) is 10.5. The number of carbonyl (C=O) groups excluding carboxylic acids is 2. The molecule has 1 unspecified atom stereocenters. The van der Waals surface area contributed by atoms with Gasteiger partial charge in [-0.15, -0.1) is 0 Å². The molecule has 1 aromatic carbocycles. The molecule has 0 bridgehead atoms. The van der Waals surface area contributed by atoms with Crippen LogP contribution in [0.5, 0.6) is 0 Å². The Balaban J connectivity index is 2.09. The van der Waals surface area contributed by atoms with Crippen molar-refractivity contribution in [1.82, 2.24) is 5.32 Å². The molecule has 2 atom stereocenters. The van der Waals surface area contributed by atoms with E-state index < -0.39 is 17.8 Å². The molecule has 22 heavy (non-hydrogen) atoms. The van der Waals surface area contributed by atoms with Crippen molar-refractivity contribution >= 4 is 23.5 Å². The lowest BCUT2D eigenvalue weighted by molar-refractivity contribution is -0.930. The van der Waals surface area contributed by atoms with E-state index in [2.05, 4.69) is 5.32 Å². The average Bonchev–Trinajstić information content (AvgIpc) is 2.47. The molecule has 1 aliphatic rings.